The SMILES string of the molecule is CCCC(O)(CN)c1c(F)ccc(Br)c1F. The summed E-state index contributed by atoms with van der Waals surface area (Å²) in [5.41, 5.74) is 3.41. The van der Waals surface area contributed by atoms with Gasteiger partial charge in [0.25, 0.3) is 0 Å². The molecule has 0 aliphatic carbocycles. The molecule has 1 atom stereocenters. The van der Waals surface area contributed by atoms with Gasteiger partial charge in [0.2, 0.25) is 0 Å². The lowest BCUT2D eigenvalue weighted by Gasteiger charge is -2.27. The normalized spacial score (nSPS) is 14.9. The minimum Gasteiger partial charge on any atom is -0.384 e. The minimum atomic E-state index is -1.65. The van der Waals surface area contributed by atoms with Gasteiger partial charge in [0.05, 0.1) is 10.0 Å². The Morgan fingerprint density at radius 3 is 2.56 bits per heavy atom. The van der Waals surface area contributed by atoms with Crippen LogP contribution in [0.25, 0.3) is 0 Å². The molecule has 2 nitrogen and oxygen atoms in total. The number of aliphatic hydroxyl groups is 1. The molecule has 0 heterocycles. The van der Waals surface area contributed by atoms with Crippen LogP contribution in [-0.4, -0.2) is 11.7 Å². The molecule has 0 radical (unpaired) electrons. The molecule has 0 aliphatic rings. The largest absolute Gasteiger partial charge is 0.384 e. The van der Waals surface area contributed by atoms with Gasteiger partial charge in [-0.05, 0) is 34.5 Å². The quantitative estimate of drug-likeness (QED) is 0.839. The number of benzene rings is 1. The summed E-state index contributed by atoms with van der Waals surface area (Å²) in [6.45, 7) is 1.60. The molecule has 3 N–H and O–H groups in total. The molecule has 1 unspecified atom stereocenters. The van der Waals surface area contributed by atoms with Crippen LogP contribution in [0.2, 0.25) is 0 Å². The number of halogens is 3. The van der Waals surface area contributed by atoms with Gasteiger partial charge in [-0.3, -0.25) is 0 Å². The van der Waals surface area contributed by atoms with Crippen LogP contribution in [-0.2, 0) is 5.60 Å². The van der Waals surface area contributed by atoms with Crippen molar-refractivity contribution in [2.75, 3.05) is 6.54 Å². The van der Waals surface area contributed by atoms with Gasteiger partial charge in [-0.15, -0.1) is 0 Å². The highest BCUT2D eigenvalue weighted by molar-refractivity contribution is 9.10. The summed E-state index contributed by atoms with van der Waals surface area (Å²) < 4.78 is 27.4. The fourth-order valence-electron chi connectivity index (χ4n) is 1.70. The monoisotopic (exact) mass is 293 g/mol. The highest BCUT2D eigenvalue weighted by atomic mass is 79.9. The second kappa shape index (κ2) is 5.21. The van der Waals surface area contributed by atoms with Crippen LogP contribution in [0, 0.1) is 11.6 Å². The summed E-state index contributed by atoms with van der Waals surface area (Å²) in [5.74, 6) is -1.57. The molecule has 0 fully saturated rings. The predicted molar refractivity (Wildman–Crippen MR) is 61.9 cm³/mol. The first-order valence-electron chi connectivity index (χ1n) is 5.02. The molecule has 0 saturated heterocycles. The standard InChI is InChI=1S/C11H14BrF2NO/c1-2-5-11(16,6-15)9-8(13)4-3-7(12)10(9)14/h3-4,16H,2,5-6,15H2,1H3. The zero-order valence-corrected chi connectivity index (χ0v) is 10.5. The van der Waals surface area contributed by atoms with E-state index in [9.17, 15) is 13.9 Å². The third-order valence-corrected chi connectivity index (χ3v) is 3.12. The van der Waals surface area contributed by atoms with E-state index < -0.39 is 17.2 Å². The minimum absolute atomic E-state index is 0.117. The van der Waals surface area contributed by atoms with Crippen molar-refractivity contribution in [3.63, 3.8) is 0 Å². The molecule has 0 saturated carbocycles. The second-order valence-corrected chi connectivity index (χ2v) is 4.56. The molecule has 1 aromatic carbocycles. The van der Waals surface area contributed by atoms with Crippen molar-refractivity contribution in [3.05, 3.63) is 33.8 Å². The van der Waals surface area contributed by atoms with E-state index in [0.29, 0.717) is 6.42 Å². The van der Waals surface area contributed by atoms with Gasteiger partial charge < -0.3 is 10.8 Å². The Kier molecular flexibility index (Phi) is 4.41. The predicted octanol–water partition coefficient (Wildman–Crippen LogP) is 2.67. The number of rotatable bonds is 4. The molecule has 0 aliphatic heterocycles. The van der Waals surface area contributed by atoms with Crippen LogP contribution in [0.3, 0.4) is 0 Å². The van der Waals surface area contributed by atoms with Crippen molar-refractivity contribution in [2.45, 2.75) is 25.4 Å². The lowest BCUT2D eigenvalue weighted by atomic mass is 9.88. The van der Waals surface area contributed by atoms with Crippen LogP contribution in [0.15, 0.2) is 16.6 Å². The molecular weight excluding hydrogens is 280 g/mol. The number of nitrogens with two attached hydrogens (primary N) is 1. The van der Waals surface area contributed by atoms with E-state index in [-0.39, 0.29) is 23.0 Å². The molecule has 0 spiro atoms. The Bertz CT molecular complexity index is 386. The molecule has 5 heteroatoms. The zero-order chi connectivity index (χ0) is 12.3. The van der Waals surface area contributed by atoms with Gasteiger partial charge >= 0.3 is 0 Å². The third kappa shape index (κ3) is 2.42. The molecule has 0 aromatic heterocycles. The zero-order valence-electron chi connectivity index (χ0n) is 8.93. The average molecular weight is 294 g/mol. The van der Waals surface area contributed by atoms with E-state index >= 15 is 0 Å². The molecular formula is C11H14BrF2NO. The van der Waals surface area contributed by atoms with Gasteiger partial charge in [0.1, 0.15) is 17.2 Å². The number of hydrogen-bond donors (Lipinski definition) is 2. The van der Waals surface area contributed by atoms with Gasteiger partial charge in [0.15, 0.2) is 0 Å². The van der Waals surface area contributed by atoms with Crippen LogP contribution in [0.1, 0.15) is 25.3 Å². The van der Waals surface area contributed by atoms with E-state index in [2.05, 4.69) is 15.9 Å². The smallest absolute Gasteiger partial charge is 0.146 e. The fraction of sp³-hybridized carbons (Fsp3) is 0.455. The first-order valence-corrected chi connectivity index (χ1v) is 5.82. The Morgan fingerprint density at radius 2 is 2.06 bits per heavy atom. The van der Waals surface area contributed by atoms with Crippen LogP contribution < -0.4 is 5.73 Å². The Hall–Kier alpha value is -0.520. The van der Waals surface area contributed by atoms with E-state index in [1.165, 1.54) is 6.07 Å². The third-order valence-electron chi connectivity index (χ3n) is 2.51. The van der Waals surface area contributed by atoms with Crippen molar-refractivity contribution in [1.29, 1.82) is 0 Å². The molecule has 90 valence electrons. The fourth-order valence-corrected chi connectivity index (χ4v) is 2.03. The van der Waals surface area contributed by atoms with Gasteiger partial charge in [-0.25, -0.2) is 8.78 Å². The maximum Gasteiger partial charge on any atom is 0.146 e. The molecule has 1 aromatic rings. The summed E-state index contributed by atoms with van der Waals surface area (Å²) in [6.07, 6.45) is 0.798. The summed E-state index contributed by atoms with van der Waals surface area (Å²) in [4.78, 5) is 0. The van der Waals surface area contributed by atoms with Crippen molar-refractivity contribution in [2.24, 2.45) is 5.73 Å². The Labute approximate surface area is 102 Å². The van der Waals surface area contributed by atoms with Crippen molar-refractivity contribution in [1.82, 2.24) is 0 Å². The first-order chi connectivity index (χ1) is 7.46. The van der Waals surface area contributed by atoms with Crippen molar-refractivity contribution >= 4 is 15.9 Å². The van der Waals surface area contributed by atoms with Crippen LogP contribution in [0.5, 0.6) is 0 Å². The lowest BCUT2D eigenvalue weighted by Crippen LogP contribution is -2.36. The summed E-state index contributed by atoms with van der Waals surface area (Å²) in [5, 5.41) is 10.2. The summed E-state index contributed by atoms with van der Waals surface area (Å²) in [7, 11) is 0. The summed E-state index contributed by atoms with van der Waals surface area (Å²) in [6, 6.07) is 2.37. The maximum atomic E-state index is 13.8. The van der Waals surface area contributed by atoms with E-state index in [4.69, 9.17) is 5.73 Å². The van der Waals surface area contributed by atoms with E-state index in [1.807, 2.05) is 6.92 Å². The van der Waals surface area contributed by atoms with Crippen LogP contribution >= 0.6 is 15.9 Å². The highest BCUT2D eigenvalue weighted by Gasteiger charge is 2.33. The first kappa shape index (κ1) is 13.5. The molecule has 16 heavy (non-hydrogen) atoms. The average Bonchev–Trinajstić information content (AvgIpc) is 2.24. The lowest BCUT2D eigenvalue weighted by molar-refractivity contribution is 0.0285. The highest BCUT2D eigenvalue weighted by Crippen LogP contribution is 2.33. The summed E-state index contributed by atoms with van der Waals surface area (Å²) >= 11 is 2.96. The van der Waals surface area contributed by atoms with Gasteiger partial charge in [-0.2, -0.15) is 0 Å². The van der Waals surface area contributed by atoms with E-state index in [0.717, 1.165) is 6.07 Å². The van der Waals surface area contributed by atoms with Gasteiger partial charge in [0, 0.05) is 6.54 Å². The maximum absolute atomic E-state index is 13.8. The Balaban J connectivity index is 3.34. The van der Waals surface area contributed by atoms with Crippen LogP contribution in [0.4, 0.5) is 8.78 Å². The molecule has 1 rings (SSSR count). The van der Waals surface area contributed by atoms with Crippen molar-refractivity contribution in [3.8, 4) is 0 Å². The van der Waals surface area contributed by atoms with E-state index in [1.54, 1.807) is 0 Å². The topological polar surface area (TPSA) is 46.2 Å². The Morgan fingerprint density at radius 1 is 1.44 bits per heavy atom. The second-order valence-electron chi connectivity index (χ2n) is 3.70. The number of hydrogen-bond acceptors (Lipinski definition) is 2. The van der Waals surface area contributed by atoms with Gasteiger partial charge in [-0.1, -0.05) is 13.3 Å². The van der Waals surface area contributed by atoms with Crippen molar-refractivity contribution < 1.29 is 13.9 Å². The molecule has 0 bridgehead atoms. The molecule has 0 amide bonds.